The van der Waals surface area contributed by atoms with Crippen molar-refractivity contribution in [2.75, 3.05) is 9.80 Å². The summed E-state index contributed by atoms with van der Waals surface area (Å²) >= 11 is 0. The van der Waals surface area contributed by atoms with Gasteiger partial charge in [-0.1, -0.05) is 202 Å². The summed E-state index contributed by atoms with van der Waals surface area (Å²) in [6, 6.07) is 106. The standard InChI is InChI=1S/C76H53N3/c1-75(2)69-48-57(77(52-23-9-4-10-24-52)55-37-35-51(36-38-55)50-21-7-3-8-22-50)39-42-61(69)62-43-40-58(49-70(62)75)78(53-25-11-5-12-26-53)56-41-45-71-64(47-56)74-72(79(71)54-27-13-6-14-28-54)46-44-68-73(74)63-31-17-20-34-67(63)76(68)65-32-18-15-29-59(65)60-30-16-19-33-66(60)76/h3-49H,1-2H3. The molecule has 16 rings (SSSR count). The Morgan fingerprint density at radius 1 is 0.291 bits per heavy atom. The lowest BCUT2D eigenvalue weighted by atomic mass is 9.70. The lowest BCUT2D eigenvalue weighted by molar-refractivity contribution is 0.660. The van der Waals surface area contributed by atoms with E-state index in [2.05, 4.69) is 313 Å². The van der Waals surface area contributed by atoms with Crippen LogP contribution in [-0.4, -0.2) is 4.57 Å². The number of anilines is 6. The number of fused-ring (bicyclic) bond motifs is 17. The van der Waals surface area contributed by atoms with Gasteiger partial charge in [0.1, 0.15) is 0 Å². The van der Waals surface area contributed by atoms with Gasteiger partial charge in [-0.2, -0.15) is 0 Å². The van der Waals surface area contributed by atoms with Crippen LogP contribution in [-0.2, 0) is 10.8 Å². The molecular formula is C76H53N3. The highest BCUT2D eigenvalue weighted by Crippen LogP contribution is 2.64. The van der Waals surface area contributed by atoms with E-state index in [1.165, 1.54) is 99.7 Å². The third-order valence-electron chi connectivity index (χ3n) is 17.6. The molecular weight excluding hydrogens is 955 g/mol. The maximum absolute atomic E-state index is 2.48. The third-order valence-corrected chi connectivity index (χ3v) is 17.6. The van der Waals surface area contributed by atoms with E-state index in [1.807, 2.05) is 0 Å². The molecule has 1 aromatic heterocycles. The van der Waals surface area contributed by atoms with Crippen molar-refractivity contribution in [2.24, 2.45) is 0 Å². The van der Waals surface area contributed by atoms with Gasteiger partial charge >= 0.3 is 0 Å². The Morgan fingerprint density at radius 2 is 0.696 bits per heavy atom. The predicted molar refractivity (Wildman–Crippen MR) is 329 cm³/mol. The molecule has 0 radical (unpaired) electrons. The summed E-state index contributed by atoms with van der Waals surface area (Å²) in [5, 5.41) is 2.50. The highest BCUT2D eigenvalue weighted by molar-refractivity contribution is 6.19. The van der Waals surface area contributed by atoms with E-state index >= 15 is 0 Å². The average Bonchev–Trinajstić information content (AvgIpc) is 2.35. The van der Waals surface area contributed by atoms with E-state index in [0.29, 0.717) is 0 Å². The van der Waals surface area contributed by atoms with Gasteiger partial charge in [-0.25, -0.2) is 0 Å². The van der Waals surface area contributed by atoms with Crippen LogP contribution in [0.2, 0.25) is 0 Å². The minimum Gasteiger partial charge on any atom is -0.310 e. The van der Waals surface area contributed by atoms with Crippen molar-refractivity contribution in [3.63, 3.8) is 0 Å². The highest BCUT2D eigenvalue weighted by Gasteiger charge is 2.52. The van der Waals surface area contributed by atoms with E-state index in [4.69, 9.17) is 0 Å². The van der Waals surface area contributed by atoms with Gasteiger partial charge < -0.3 is 14.4 Å². The molecule has 0 fully saturated rings. The first-order valence-corrected chi connectivity index (χ1v) is 27.6. The van der Waals surface area contributed by atoms with Gasteiger partial charge in [0, 0.05) is 56.0 Å². The van der Waals surface area contributed by atoms with Crippen molar-refractivity contribution < 1.29 is 0 Å². The Bertz CT molecular complexity index is 4510. The van der Waals surface area contributed by atoms with Crippen molar-refractivity contribution in [3.8, 4) is 50.2 Å². The largest absolute Gasteiger partial charge is 0.310 e. The zero-order valence-electron chi connectivity index (χ0n) is 44.0. The minimum atomic E-state index is -0.453. The summed E-state index contributed by atoms with van der Waals surface area (Å²) in [4.78, 5) is 4.86. The molecule has 3 aliphatic carbocycles. The number of hydrogen-bond acceptors (Lipinski definition) is 2. The second-order valence-corrected chi connectivity index (χ2v) is 22.0. The summed E-state index contributed by atoms with van der Waals surface area (Å²) in [7, 11) is 0. The van der Waals surface area contributed by atoms with E-state index < -0.39 is 5.41 Å². The van der Waals surface area contributed by atoms with Crippen LogP contribution in [0.4, 0.5) is 34.1 Å². The molecule has 0 unspecified atom stereocenters. The summed E-state index contributed by atoms with van der Waals surface area (Å²) in [6.45, 7) is 4.80. The number of para-hydroxylation sites is 3. The molecule has 0 saturated heterocycles. The lowest BCUT2D eigenvalue weighted by Gasteiger charge is -2.30. The fraction of sp³-hybridized carbons (Fsp3) is 0.0526. The summed E-state index contributed by atoms with van der Waals surface area (Å²) < 4.78 is 2.48. The number of hydrogen-bond donors (Lipinski definition) is 0. The minimum absolute atomic E-state index is 0.299. The average molecular weight is 1010 g/mol. The van der Waals surface area contributed by atoms with Crippen LogP contribution in [0.5, 0.6) is 0 Å². The number of rotatable bonds is 8. The molecule has 3 heteroatoms. The molecule has 372 valence electrons. The zero-order valence-corrected chi connectivity index (χ0v) is 44.0. The molecule has 0 bridgehead atoms. The van der Waals surface area contributed by atoms with Crippen molar-refractivity contribution in [3.05, 3.63) is 318 Å². The predicted octanol–water partition coefficient (Wildman–Crippen LogP) is 20.0. The molecule has 1 heterocycles. The highest BCUT2D eigenvalue weighted by atomic mass is 15.1. The molecule has 0 saturated carbocycles. The Balaban J connectivity index is 0.864. The van der Waals surface area contributed by atoms with Crippen LogP contribution in [0.15, 0.2) is 285 Å². The summed E-state index contributed by atoms with van der Waals surface area (Å²) in [6.07, 6.45) is 0. The first-order chi connectivity index (χ1) is 39.0. The molecule has 0 N–H and O–H groups in total. The van der Waals surface area contributed by atoms with E-state index in [-0.39, 0.29) is 5.41 Å². The van der Waals surface area contributed by atoms with Gasteiger partial charge in [0.05, 0.1) is 16.4 Å². The number of benzene rings is 12. The molecule has 79 heavy (non-hydrogen) atoms. The second-order valence-electron chi connectivity index (χ2n) is 22.0. The van der Waals surface area contributed by atoms with E-state index in [1.54, 1.807) is 0 Å². The first-order valence-electron chi connectivity index (χ1n) is 27.6. The molecule has 1 spiro atoms. The van der Waals surface area contributed by atoms with Crippen LogP contribution in [0.1, 0.15) is 47.2 Å². The maximum Gasteiger partial charge on any atom is 0.0725 e. The van der Waals surface area contributed by atoms with Gasteiger partial charge in [0.25, 0.3) is 0 Å². The smallest absolute Gasteiger partial charge is 0.0725 e. The number of nitrogens with zero attached hydrogens (tertiary/aromatic N) is 3. The fourth-order valence-corrected chi connectivity index (χ4v) is 14.1. The number of aromatic nitrogens is 1. The zero-order chi connectivity index (χ0) is 52.4. The SMILES string of the molecule is CC1(C)c2cc(N(c3ccccc3)c3ccc(-c4ccccc4)cc3)ccc2-c2ccc(N(c3ccccc3)c3ccc4c(c3)c3c5c(ccc3n4-c3ccccc3)C3(c4ccccc4-c4ccccc43)c3ccccc3-5)cc21. The van der Waals surface area contributed by atoms with Gasteiger partial charge in [-0.3, -0.25) is 0 Å². The van der Waals surface area contributed by atoms with Crippen molar-refractivity contribution in [1.29, 1.82) is 0 Å². The molecule has 0 aliphatic heterocycles. The molecule has 0 amide bonds. The first kappa shape index (κ1) is 45.3. The van der Waals surface area contributed by atoms with Crippen molar-refractivity contribution >= 4 is 55.9 Å². The molecule has 3 nitrogen and oxygen atoms in total. The van der Waals surface area contributed by atoms with Gasteiger partial charge in [-0.05, 0) is 175 Å². The molecule has 13 aromatic rings. The van der Waals surface area contributed by atoms with Crippen molar-refractivity contribution in [1.82, 2.24) is 4.57 Å². The van der Waals surface area contributed by atoms with E-state index in [0.717, 1.165) is 39.8 Å². The quantitative estimate of drug-likeness (QED) is 0.150. The lowest BCUT2D eigenvalue weighted by Crippen LogP contribution is -2.25. The van der Waals surface area contributed by atoms with Crippen LogP contribution in [0, 0.1) is 0 Å². The maximum atomic E-state index is 2.48. The monoisotopic (exact) mass is 1010 g/mol. The fourth-order valence-electron chi connectivity index (χ4n) is 14.1. The van der Waals surface area contributed by atoms with Gasteiger partial charge in [-0.15, -0.1) is 0 Å². The summed E-state index contributed by atoms with van der Waals surface area (Å²) in [5.41, 5.74) is 27.7. The Hall–Kier alpha value is -9.96. The Kier molecular flexibility index (Phi) is 9.90. The van der Waals surface area contributed by atoms with Crippen LogP contribution < -0.4 is 9.80 Å². The topological polar surface area (TPSA) is 11.4 Å². The van der Waals surface area contributed by atoms with Crippen LogP contribution in [0.3, 0.4) is 0 Å². The van der Waals surface area contributed by atoms with Crippen LogP contribution >= 0.6 is 0 Å². The Labute approximate surface area is 461 Å². The second kappa shape index (κ2) is 17.3. The summed E-state index contributed by atoms with van der Waals surface area (Å²) in [5.74, 6) is 0. The molecule has 12 aromatic carbocycles. The van der Waals surface area contributed by atoms with Crippen molar-refractivity contribution in [2.45, 2.75) is 24.7 Å². The molecule has 0 atom stereocenters. The third kappa shape index (κ3) is 6.54. The normalized spacial score (nSPS) is 13.6. The van der Waals surface area contributed by atoms with E-state index in [9.17, 15) is 0 Å². The van der Waals surface area contributed by atoms with Gasteiger partial charge in [0.15, 0.2) is 0 Å². The van der Waals surface area contributed by atoms with Gasteiger partial charge in [0.2, 0.25) is 0 Å². The molecule has 3 aliphatic rings. The Morgan fingerprint density at radius 3 is 1.28 bits per heavy atom. The van der Waals surface area contributed by atoms with Crippen LogP contribution in [0.25, 0.3) is 72.0 Å².